The van der Waals surface area contributed by atoms with Crippen LogP contribution in [0.3, 0.4) is 0 Å². The minimum atomic E-state index is -0.0693. The van der Waals surface area contributed by atoms with Crippen LogP contribution in [0.5, 0.6) is 5.75 Å². The highest BCUT2D eigenvalue weighted by Gasteiger charge is 2.09. The van der Waals surface area contributed by atoms with Crippen molar-refractivity contribution in [2.75, 3.05) is 13.2 Å². The smallest absolute Gasteiger partial charge is 0.252 e. The first kappa shape index (κ1) is 16.3. The lowest BCUT2D eigenvalue weighted by Crippen LogP contribution is -2.26. The molecule has 2 rings (SSSR count). The topological polar surface area (TPSA) is 38.3 Å². The fraction of sp³-hybridized carbons (Fsp3) is 0.188. The normalized spacial score (nSPS) is 10.2. The van der Waals surface area contributed by atoms with Gasteiger partial charge in [0.25, 0.3) is 5.91 Å². The van der Waals surface area contributed by atoms with Crippen molar-refractivity contribution < 1.29 is 9.53 Å². The van der Waals surface area contributed by atoms with Crippen LogP contribution in [0.2, 0.25) is 0 Å². The molecule has 5 heteroatoms. The van der Waals surface area contributed by atoms with Crippen molar-refractivity contribution >= 4 is 44.4 Å². The van der Waals surface area contributed by atoms with E-state index in [9.17, 15) is 4.79 Å². The number of carbonyl (C=O) groups excluding carboxylic acids is 1. The van der Waals surface area contributed by atoms with Crippen molar-refractivity contribution in [1.82, 2.24) is 5.32 Å². The second-order valence-corrected chi connectivity index (χ2v) is 6.50. The van der Waals surface area contributed by atoms with Gasteiger partial charge in [0.1, 0.15) is 5.75 Å². The Hall–Kier alpha value is -1.08. The first-order valence-electron chi connectivity index (χ1n) is 6.58. The molecule has 0 aliphatic heterocycles. The second-order valence-electron chi connectivity index (χ2n) is 4.40. The molecular weight excluding hydrogens is 445 g/mol. The van der Waals surface area contributed by atoms with Gasteiger partial charge < -0.3 is 10.1 Å². The second kappa shape index (κ2) is 8.38. The highest BCUT2D eigenvalue weighted by atomic mass is 127. The molecular formula is C16H15BrINO2. The van der Waals surface area contributed by atoms with Crippen molar-refractivity contribution in [1.29, 1.82) is 0 Å². The van der Waals surface area contributed by atoms with Crippen molar-refractivity contribution in [3.63, 3.8) is 0 Å². The average molecular weight is 460 g/mol. The number of carbonyl (C=O) groups is 1. The zero-order valence-electron chi connectivity index (χ0n) is 11.3. The first-order chi connectivity index (χ1) is 10.2. The summed E-state index contributed by atoms with van der Waals surface area (Å²) in [5.74, 6) is 0.782. The molecule has 2 aromatic carbocycles. The number of rotatable bonds is 6. The Kier molecular flexibility index (Phi) is 6.50. The van der Waals surface area contributed by atoms with Gasteiger partial charge in [0.15, 0.2) is 0 Å². The molecule has 0 aromatic heterocycles. The minimum absolute atomic E-state index is 0.0693. The summed E-state index contributed by atoms with van der Waals surface area (Å²) < 4.78 is 7.42. The van der Waals surface area contributed by atoms with Gasteiger partial charge in [0.05, 0.1) is 12.2 Å². The van der Waals surface area contributed by atoms with Crippen molar-refractivity contribution in [3.05, 3.63) is 62.1 Å². The van der Waals surface area contributed by atoms with Gasteiger partial charge in [0.2, 0.25) is 0 Å². The Balaban J connectivity index is 1.73. The molecule has 110 valence electrons. The van der Waals surface area contributed by atoms with Gasteiger partial charge in [-0.25, -0.2) is 0 Å². The molecule has 1 N–H and O–H groups in total. The van der Waals surface area contributed by atoms with Crippen LogP contribution in [0.4, 0.5) is 0 Å². The number of ether oxygens (including phenoxy) is 1. The number of nitrogens with one attached hydrogen (secondary N) is 1. The van der Waals surface area contributed by atoms with Gasteiger partial charge >= 0.3 is 0 Å². The Morgan fingerprint density at radius 3 is 2.71 bits per heavy atom. The number of amides is 1. The lowest BCUT2D eigenvalue weighted by atomic mass is 10.2. The molecule has 21 heavy (non-hydrogen) atoms. The lowest BCUT2D eigenvalue weighted by Gasteiger charge is -2.08. The van der Waals surface area contributed by atoms with E-state index in [1.54, 1.807) is 0 Å². The summed E-state index contributed by atoms with van der Waals surface area (Å²) in [6.45, 7) is 1.17. The van der Waals surface area contributed by atoms with Crippen LogP contribution in [0.25, 0.3) is 0 Å². The Morgan fingerprint density at radius 2 is 1.95 bits per heavy atom. The molecule has 0 fully saturated rings. The molecule has 0 aliphatic carbocycles. The van der Waals surface area contributed by atoms with Crippen molar-refractivity contribution in [2.24, 2.45) is 0 Å². The van der Waals surface area contributed by atoms with E-state index in [0.717, 1.165) is 20.2 Å². The van der Waals surface area contributed by atoms with Crippen LogP contribution in [0, 0.1) is 3.57 Å². The molecule has 0 saturated carbocycles. The third-order valence-electron chi connectivity index (χ3n) is 2.79. The standard InChI is InChI=1S/C16H15BrINO2/c17-15-8-7-12(18)11-14(15)16(20)19-9-4-10-21-13-5-2-1-3-6-13/h1-3,5-8,11H,4,9-10H2,(H,19,20). The molecule has 0 saturated heterocycles. The summed E-state index contributed by atoms with van der Waals surface area (Å²) in [6.07, 6.45) is 0.766. The average Bonchev–Trinajstić information content (AvgIpc) is 2.50. The van der Waals surface area contributed by atoms with E-state index in [1.807, 2.05) is 48.5 Å². The van der Waals surface area contributed by atoms with Crippen molar-refractivity contribution in [2.45, 2.75) is 6.42 Å². The number of hydrogen-bond donors (Lipinski definition) is 1. The quantitative estimate of drug-likeness (QED) is 0.518. The van der Waals surface area contributed by atoms with Crippen molar-refractivity contribution in [3.8, 4) is 5.75 Å². The fourth-order valence-corrected chi connectivity index (χ4v) is 2.67. The Bertz CT molecular complexity index is 604. The fourth-order valence-electron chi connectivity index (χ4n) is 1.75. The molecule has 0 heterocycles. The molecule has 0 radical (unpaired) electrons. The minimum Gasteiger partial charge on any atom is -0.494 e. The molecule has 2 aromatic rings. The third kappa shape index (κ3) is 5.32. The summed E-state index contributed by atoms with van der Waals surface area (Å²) in [4.78, 5) is 12.1. The van der Waals surface area contributed by atoms with E-state index >= 15 is 0 Å². The third-order valence-corrected chi connectivity index (χ3v) is 4.15. The van der Waals surface area contributed by atoms with Crippen LogP contribution >= 0.6 is 38.5 Å². The summed E-state index contributed by atoms with van der Waals surface area (Å²) in [5.41, 5.74) is 0.658. The summed E-state index contributed by atoms with van der Waals surface area (Å²) in [6, 6.07) is 15.4. The van der Waals surface area contributed by atoms with Crippen LogP contribution in [0.15, 0.2) is 53.0 Å². The lowest BCUT2D eigenvalue weighted by molar-refractivity contribution is 0.0950. The molecule has 1 amide bonds. The van der Waals surface area contributed by atoms with E-state index in [2.05, 4.69) is 43.8 Å². The molecule has 0 aliphatic rings. The number of benzene rings is 2. The van der Waals surface area contributed by atoms with Gasteiger partial charge in [-0.1, -0.05) is 18.2 Å². The monoisotopic (exact) mass is 459 g/mol. The number of hydrogen-bond acceptors (Lipinski definition) is 2. The Morgan fingerprint density at radius 1 is 1.19 bits per heavy atom. The maximum Gasteiger partial charge on any atom is 0.252 e. The van der Waals surface area contributed by atoms with Gasteiger partial charge in [-0.3, -0.25) is 4.79 Å². The SMILES string of the molecule is O=C(NCCCOc1ccccc1)c1cc(I)ccc1Br. The maximum atomic E-state index is 12.1. The zero-order valence-corrected chi connectivity index (χ0v) is 15.1. The molecule has 0 unspecified atom stereocenters. The van der Waals surface area contributed by atoms with Gasteiger partial charge in [0, 0.05) is 14.6 Å². The summed E-state index contributed by atoms with van der Waals surface area (Å²) in [7, 11) is 0. The Labute approximate surface area is 146 Å². The van der Waals surface area contributed by atoms with Crippen LogP contribution < -0.4 is 10.1 Å². The summed E-state index contributed by atoms with van der Waals surface area (Å²) in [5, 5.41) is 2.90. The zero-order chi connectivity index (χ0) is 15.1. The van der Waals surface area contributed by atoms with E-state index in [1.165, 1.54) is 0 Å². The van der Waals surface area contributed by atoms with E-state index in [-0.39, 0.29) is 5.91 Å². The molecule has 0 spiro atoms. The molecule has 0 atom stereocenters. The first-order valence-corrected chi connectivity index (χ1v) is 8.45. The highest BCUT2D eigenvalue weighted by molar-refractivity contribution is 14.1. The highest BCUT2D eigenvalue weighted by Crippen LogP contribution is 2.19. The van der Waals surface area contributed by atoms with E-state index in [0.29, 0.717) is 18.7 Å². The van der Waals surface area contributed by atoms with Crippen LogP contribution in [-0.4, -0.2) is 19.1 Å². The predicted molar refractivity (Wildman–Crippen MR) is 95.7 cm³/mol. The van der Waals surface area contributed by atoms with Crippen LogP contribution in [-0.2, 0) is 0 Å². The number of halogens is 2. The predicted octanol–water partition coefficient (Wildman–Crippen LogP) is 4.25. The summed E-state index contributed by atoms with van der Waals surface area (Å²) >= 11 is 5.59. The number of para-hydroxylation sites is 1. The van der Waals surface area contributed by atoms with Gasteiger partial charge in [-0.15, -0.1) is 0 Å². The molecule has 0 bridgehead atoms. The largest absolute Gasteiger partial charge is 0.494 e. The van der Waals surface area contributed by atoms with E-state index < -0.39 is 0 Å². The van der Waals surface area contributed by atoms with Gasteiger partial charge in [-0.05, 0) is 75.3 Å². The maximum absolute atomic E-state index is 12.1. The van der Waals surface area contributed by atoms with Crippen LogP contribution in [0.1, 0.15) is 16.8 Å². The molecule has 3 nitrogen and oxygen atoms in total. The van der Waals surface area contributed by atoms with E-state index in [4.69, 9.17) is 4.74 Å². The van der Waals surface area contributed by atoms with Gasteiger partial charge in [-0.2, -0.15) is 0 Å².